The minimum absolute atomic E-state index is 0.419. The molecule has 1 fully saturated rings. The number of anilines is 1. The Morgan fingerprint density at radius 3 is 2.69 bits per heavy atom. The summed E-state index contributed by atoms with van der Waals surface area (Å²) in [5, 5.41) is 12.9. The molecule has 0 bridgehead atoms. The zero-order valence-corrected chi connectivity index (χ0v) is 16.9. The van der Waals surface area contributed by atoms with Gasteiger partial charge in [-0.2, -0.15) is 5.10 Å². The summed E-state index contributed by atoms with van der Waals surface area (Å²) in [4.78, 5) is 11.6. The third-order valence-corrected chi connectivity index (χ3v) is 5.36. The van der Waals surface area contributed by atoms with Gasteiger partial charge in [0.2, 0.25) is 0 Å². The van der Waals surface area contributed by atoms with Crippen LogP contribution in [-0.2, 0) is 11.8 Å². The molecule has 1 aliphatic heterocycles. The van der Waals surface area contributed by atoms with Crippen molar-refractivity contribution in [3.8, 4) is 11.1 Å². The van der Waals surface area contributed by atoms with E-state index in [9.17, 15) is 0 Å². The molecule has 8 heteroatoms. The largest absolute Gasteiger partial charge is 0.397 e. The Balaban J connectivity index is 2.04. The van der Waals surface area contributed by atoms with E-state index in [1.807, 2.05) is 24.7 Å². The van der Waals surface area contributed by atoms with Crippen molar-refractivity contribution in [2.75, 3.05) is 31.2 Å². The number of allylic oxidation sites excluding steroid dienone is 1. The summed E-state index contributed by atoms with van der Waals surface area (Å²) >= 11 is 0. The van der Waals surface area contributed by atoms with Crippen LogP contribution in [0.2, 0.25) is 0 Å². The van der Waals surface area contributed by atoms with Gasteiger partial charge in [-0.05, 0) is 37.6 Å². The van der Waals surface area contributed by atoms with Crippen molar-refractivity contribution < 1.29 is 4.74 Å². The maximum atomic E-state index is 7.37. The first kappa shape index (κ1) is 19.1. The molecule has 4 rings (SSSR count). The van der Waals surface area contributed by atoms with Gasteiger partial charge in [-0.15, -0.1) is 0 Å². The number of hydrogen-bond donors (Lipinski definition) is 2. The topological polar surface area (TPSA) is 106 Å². The zero-order chi connectivity index (χ0) is 20.5. The molecule has 0 unspecified atom stereocenters. The average molecular weight is 391 g/mol. The molecule has 1 saturated heterocycles. The van der Waals surface area contributed by atoms with Gasteiger partial charge >= 0.3 is 0 Å². The van der Waals surface area contributed by atoms with Crippen molar-refractivity contribution in [3.63, 3.8) is 0 Å². The van der Waals surface area contributed by atoms with Crippen LogP contribution in [0, 0.1) is 19.3 Å². The first-order valence-electron chi connectivity index (χ1n) is 9.61. The number of aromatic nitrogens is 4. The second-order valence-electron chi connectivity index (χ2n) is 7.14. The van der Waals surface area contributed by atoms with Gasteiger partial charge < -0.3 is 20.8 Å². The monoisotopic (exact) mass is 391 g/mol. The summed E-state index contributed by atoms with van der Waals surface area (Å²) in [7, 11) is 1.95. The van der Waals surface area contributed by atoms with Crippen molar-refractivity contribution in [1.82, 2.24) is 19.7 Å². The van der Waals surface area contributed by atoms with Gasteiger partial charge in [0, 0.05) is 49.2 Å². The number of pyridine rings is 2. The number of nitrogens with zero attached hydrogens (tertiary/aromatic N) is 5. The Labute approximate surface area is 169 Å². The Bertz CT molecular complexity index is 1110. The predicted octanol–water partition coefficient (Wildman–Crippen LogP) is 2.43. The van der Waals surface area contributed by atoms with Crippen LogP contribution in [-0.4, -0.2) is 52.3 Å². The SMILES string of the molecule is Cc1nn(C)c(C)c1-c1cc(N2CCOCC2)nc2c(/C(N)=C/C=N)nccc12. The molecule has 0 saturated carbocycles. The van der Waals surface area contributed by atoms with Gasteiger partial charge in [0.1, 0.15) is 17.0 Å². The van der Waals surface area contributed by atoms with E-state index in [-0.39, 0.29) is 0 Å². The third kappa shape index (κ3) is 3.36. The molecular weight excluding hydrogens is 366 g/mol. The number of rotatable bonds is 4. The Morgan fingerprint density at radius 2 is 2.03 bits per heavy atom. The number of fused-ring (bicyclic) bond motifs is 1. The van der Waals surface area contributed by atoms with Gasteiger partial charge in [-0.25, -0.2) is 4.98 Å². The molecule has 150 valence electrons. The maximum absolute atomic E-state index is 7.37. The van der Waals surface area contributed by atoms with Crippen molar-refractivity contribution in [2.45, 2.75) is 13.8 Å². The van der Waals surface area contributed by atoms with Crippen LogP contribution in [0.15, 0.2) is 24.4 Å². The molecule has 0 amide bonds. The minimum atomic E-state index is 0.419. The van der Waals surface area contributed by atoms with Crippen LogP contribution in [0.1, 0.15) is 17.1 Å². The average Bonchev–Trinajstić information content (AvgIpc) is 2.99. The van der Waals surface area contributed by atoms with E-state index in [1.54, 1.807) is 6.20 Å². The normalized spacial score (nSPS) is 15.1. The molecule has 29 heavy (non-hydrogen) atoms. The molecular formula is C21H25N7O. The third-order valence-electron chi connectivity index (χ3n) is 5.36. The van der Waals surface area contributed by atoms with Crippen molar-refractivity contribution in [2.24, 2.45) is 12.8 Å². The summed E-state index contributed by atoms with van der Waals surface area (Å²) in [6.45, 7) is 7.01. The Morgan fingerprint density at radius 1 is 1.28 bits per heavy atom. The Kier molecular flexibility index (Phi) is 5.02. The van der Waals surface area contributed by atoms with Gasteiger partial charge in [-0.3, -0.25) is 9.67 Å². The lowest BCUT2D eigenvalue weighted by Crippen LogP contribution is -2.36. The summed E-state index contributed by atoms with van der Waals surface area (Å²) < 4.78 is 7.41. The molecule has 0 spiro atoms. The van der Waals surface area contributed by atoms with Gasteiger partial charge in [0.15, 0.2) is 0 Å². The van der Waals surface area contributed by atoms with E-state index in [1.165, 1.54) is 6.08 Å². The van der Waals surface area contributed by atoms with Crippen molar-refractivity contribution in [1.29, 1.82) is 5.41 Å². The highest BCUT2D eigenvalue weighted by atomic mass is 16.5. The summed E-state index contributed by atoms with van der Waals surface area (Å²) in [5.41, 5.74) is 12.2. The van der Waals surface area contributed by atoms with Crippen LogP contribution in [0.25, 0.3) is 27.7 Å². The van der Waals surface area contributed by atoms with Crippen LogP contribution in [0.4, 0.5) is 5.82 Å². The minimum Gasteiger partial charge on any atom is -0.397 e. The first-order valence-corrected chi connectivity index (χ1v) is 9.61. The molecule has 4 heterocycles. The van der Waals surface area contributed by atoms with Crippen molar-refractivity contribution in [3.05, 3.63) is 41.5 Å². The fraction of sp³-hybridized carbons (Fsp3) is 0.333. The highest BCUT2D eigenvalue weighted by molar-refractivity contribution is 6.01. The molecule has 3 N–H and O–H groups in total. The van der Waals surface area contributed by atoms with E-state index >= 15 is 0 Å². The van der Waals surface area contributed by atoms with E-state index < -0.39 is 0 Å². The number of nitrogens with one attached hydrogen (secondary N) is 1. The van der Waals surface area contributed by atoms with E-state index in [2.05, 4.69) is 28.0 Å². The molecule has 0 aromatic carbocycles. The van der Waals surface area contributed by atoms with Crippen LogP contribution in [0.3, 0.4) is 0 Å². The molecule has 3 aromatic heterocycles. The highest BCUT2D eigenvalue weighted by Crippen LogP contribution is 2.36. The number of hydrogen-bond acceptors (Lipinski definition) is 7. The van der Waals surface area contributed by atoms with E-state index in [0.717, 1.165) is 58.5 Å². The smallest absolute Gasteiger partial charge is 0.130 e. The lowest BCUT2D eigenvalue weighted by atomic mass is 9.98. The molecule has 1 aliphatic rings. The fourth-order valence-corrected chi connectivity index (χ4v) is 3.84. The zero-order valence-electron chi connectivity index (χ0n) is 16.9. The van der Waals surface area contributed by atoms with Gasteiger partial charge in [0.05, 0.1) is 24.6 Å². The van der Waals surface area contributed by atoms with E-state index in [0.29, 0.717) is 24.6 Å². The quantitative estimate of drug-likeness (QED) is 0.662. The maximum Gasteiger partial charge on any atom is 0.130 e. The number of nitrogens with two attached hydrogens (primary N) is 1. The fourth-order valence-electron chi connectivity index (χ4n) is 3.84. The van der Waals surface area contributed by atoms with Gasteiger partial charge in [-0.1, -0.05) is 0 Å². The molecule has 0 aliphatic carbocycles. The summed E-state index contributed by atoms with van der Waals surface area (Å²) in [6.07, 6.45) is 4.44. The van der Waals surface area contributed by atoms with Crippen LogP contribution < -0.4 is 10.6 Å². The van der Waals surface area contributed by atoms with Crippen LogP contribution in [0.5, 0.6) is 0 Å². The van der Waals surface area contributed by atoms with Crippen LogP contribution >= 0.6 is 0 Å². The van der Waals surface area contributed by atoms with E-state index in [4.69, 9.17) is 20.9 Å². The molecule has 3 aromatic rings. The lowest BCUT2D eigenvalue weighted by molar-refractivity contribution is 0.122. The highest BCUT2D eigenvalue weighted by Gasteiger charge is 2.21. The second kappa shape index (κ2) is 7.63. The summed E-state index contributed by atoms with van der Waals surface area (Å²) in [6, 6.07) is 4.10. The molecule has 0 radical (unpaired) electrons. The Hall–Kier alpha value is -3.26. The predicted molar refractivity (Wildman–Crippen MR) is 115 cm³/mol. The molecule has 8 nitrogen and oxygen atoms in total. The van der Waals surface area contributed by atoms with Gasteiger partial charge in [0.25, 0.3) is 0 Å². The first-order chi connectivity index (χ1) is 14.0. The lowest BCUT2D eigenvalue weighted by Gasteiger charge is -2.28. The number of aryl methyl sites for hydroxylation is 2. The summed E-state index contributed by atoms with van der Waals surface area (Å²) in [5.74, 6) is 0.871. The number of morpholine rings is 1. The second-order valence-corrected chi connectivity index (χ2v) is 7.14. The van der Waals surface area contributed by atoms with Crippen molar-refractivity contribution >= 4 is 28.6 Å². The number of ether oxygens (including phenoxy) is 1. The molecule has 0 atom stereocenters. The standard InChI is InChI=1S/C21H25N7O/c1-13-19(14(2)27(3)26-13)16-12-18(28-8-10-29-11-9-28)25-20-15(16)5-7-24-21(20)17(23)4-6-22/h4-7,12,22H,8-11,23H2,1-3H3/b17-4-,22-6?.